The Morgan fingerprint density at radius 1 is 1.19 bits per heavy atom. The molecule has 2 aromatic heterocycles. The lowest BCUT2D eigenvalue weighted by Gasteiger charge is -2.28. The number of aromatic nitrogens is 2. The summed E-state index contributed by atoms with van der Waals surface area (Å²) < 4.78 is 6.84. The number of amides is 1. The molecule has 1 N–H and O–H groups in total. The van der Waals surface area contributed by atoms with Gasteiger partial charge in [-0.1, -0.05) is 0 Å². The predicted molar refractivity (Wildman–Crippen MR) is 107 cm³/mol. The number of carbonyl (C=O) groups excluding carboxylic acids is 1. The molecule has 0 radical (unpaired) electrons. The molecule has 7 nitrogen and oxygen atoms in total. The Morgan fingerprint density at radius 2 is 1.96 bits per heavy atom. The zero-order valence-corrected chi connectivity index (χ0v) is 15.6. The van der Waals surface area contributed by atoms with Crippen LogP contribution in [0.3, 0.4) is 0 Å². The topological polar surface area (TPSA) is 76.5 Å². The number of aryl methyl sites for hydroxylation is 1. The summed E-state index contributed by atoms with van der Waals surface area (Å²) in [7, 11) is 0. The average Bonchev–Trinajstić information content (AvgIpc) is 3.18. The summed E-state index contributed by atoms with van der Waals surface area (Å²) in [5, 5.41) is 5.32. The second kappa shape index (κ2) is 7.89. The third kappa shape index (κ3) is 4.01. The van der Waals surface area contributed by atoms with Crippen LogP contribution in [0, 0.1) is 0 Å². The zero-order valence-electron chi connectivity index (χ0n) is 14.8. The van der Waals surface area contributed by atoms with Crippen LogP contribution in [0.1, 0.15) is 6.42 Å². The van der Waals surface area contributed by atoms with Crippen LogP contribution < -0.4 is 15.8 Å². The van der Waals surface area contributed by atoms with Gasteiger partial charge in [-0.3, -0.25) is 14.2 Å². The standard InChI is InChI=1S/C19H20N4O3S/c24-17(5-7-23-13-20-18-16(19(23)25)6-12-27-18)21-14-1-3-15(4-2-14)22-8-10-26-11-9-22/h1-4,6,12-13H,5,7-11H2,(H,21,24). The van der Waals surface area contributed by atoms with Crippen LogP contribution in [-0.4, -0.2) is 41.8 Å². The van der Waals surface area contributed by atoms with Gasteiger partial charge in [0.15, 0.2) is 0 Å². The summed E-state index contributed by atoms with van der Waals surface area (Å²) in [5.41, 5.74) is 1.76. The van der Waals surface area contributed by atoms with Crippen LogP contribution in [-0.2, 0) is 16.1 Å². The number of fused-ring (bicyclic) bond motifs is 1. The average molecular weight is 384 g/mol. The van der Waals surface area contributed by atoms with E-state index >= 15 is 0 Å². The van der Waals surface area contributed by atoms with E-state index in [1.165, 1.54) is 22.2 Å². The van der Waals surface area contributed by atoms with E-state index in [4.69, 9.17) is 4.74 Å². The lowest BCUT2D eigenvalue weighted by Crippen LogP contribution is -2.36. The van der Waals surface area contributed by atoms with Crippen molar-refractivity contribution in [2.45, 2.75) is 13.0 Å². The van der Waals surface area contributed by atoms with E-state index in [1.54, 1.807) is 6.07 Å². The van der Waals surface area contributed by atoms with Gasteiger partial charge >= 0.3 is 0 Å². The molecule has 0 bridgehead atoms. The van der Waals surface area contributed by atoms with Gasteiger partial charge in [0, 0.05) is 37.4 Å². The molecule has 1 fully saturated rings. The van der Waals surface area contributed by atoms with Crippen molar-refractivity contribution in [2.24, 2.45) is 0 Å². The fraction of sp³-hybridized carbons (Fsp3) is 0.316. The van der Waals surface area contributed by atoms with E-state index in [-0.39, 0.29) is 17.9 Å². The molecule has 1 aliphatic rings. The third-order valence-corrected chi connectivity index (χ3v) is 5.38. The number of carbonyl (C=O) groups is 1. The maximum Gasteiger partial charge on any atom is 0.262 e. The number of ether oxygens (including phenoxy) is 1. The summed E-state index contributed by atoms with van der Waals surface area (Å²) in [4.78, 5) is 31.8. The molecule has 0 unspecified atom stereocenters. The molecular formula is C19H20N4O3S. The molecule has 1 amide bonds. The van der Waals surface area contributed by atoms with Crippen molar-refractivity contribution in [1.82, 2.24) is 9.55 Å². The summed E-state index contributed by atoms with van der Waals surface area (Å²) >= 11 is 1.43. The van der Waals surface area contributed by atoms with Crippen molar-refractivity contribution in [3.05, 3.63) is 52.4 Å². The minimum absolute atomic E-state index is 0.107. The van der Waals surface area contributed by atoms with Gasteiger partial charge in [0.2, 0.25) is 5.91 Å². The minimum atomic E-state index is -0.133. The highest BCUT2D eigenvalue weighted by molar-refractivity contribution is 7.16. The van der Waals surface area contributed by atoms with Crippen LogP contribution in [0.4, 0.5) is 11.4 Å². The summed E-state index contributed by atoms with van der Waals surface area (Å²) in [6.07, 6.45) is 1.72. The van der Waals surface area contributed by atoms with Gasteiger partial charge in [0.25, 0.3) is 5.56 Å². The van der Waals surface area contributed by atoms with Crippen molar-refractivity contribution < 1.29 is 9.53 Å². The monoisotopic (exact) mass is 384 g/mol. The molecule has 140 valence electrons. The summed E-state index contributed by atoms with van der Waals surface area (Å²) in [6, 6.07) is 9.56. The van der Waals surface area contributed by atoms with Crippen LogP contribution in [0.5, 0.6) is 0 Å². The molecule has 0 aliphatic carbocycles. The Labute approximate surface area is 160 Å². The van der Waals surface area contributed by atoms with E-state index in [2.05, 4.69) is 15.2 Å². The Balaban J connectivity index is 1.34. The molecule has 1 aliphatic heterocycles. The van der Waals surface area contributed by atoms with Crippen LogP contribution in [0.25, 0.3) is 10.2 Å². The van der Waals surface area contributed by atoms with Gasteiger partial charge in [-0.15, -0.1) is 11.3 Å². The first kappa shape index (κ1) is 17.7. The van der Waals surface area contributed by atoms with E-state index in [0.717, 1.165) is 42.5 Å². The van der Waals surface area contributed by atoms with Crippen LogP contribution in [0.15, 0.2) is 46.8 Å². The number of thiophene rings is 1. The maximum absolute atomic E-state index is 12.3. The highest BCUT2D eigenvalue weighted by Gasteiger charge is 2.11. The van der Waals surface area contributed by atoms with E-state index in [0.29, 0.717) is 11.9 Å². The number of benzene rings is 1. The van der Waals surface area contributed by atoms with Gasteiger partial charge < -0.3 is 15.0 Å². The molecular weight excluding hydrogens is 364 g/mol. The fourth-order valence-corrected chi connectivity index (χ4v) is 3.80. The van der Waals surface area contributed by atoms with Gasteiger partial charge in [0.05, 0.1) is 24.9 Å². The normalized spacial score (nSPS) is 14.4. The van der Waals surface area contributed by atoms with Gasteiger partial charge in [-0.05, 0) is 35.7 Å². The quantitative estimate of drug-likeness (QED) is 0.731. The van der Waals surface area contributed by atoms with Crippen molar-refractivity contribution in [2.75, 3.05) is 36.5 Å². The molecule has 0 saturated carbocycles. The third-order valence-electron chi connectivity index (χ3n) is 4.56. The lowest BCUT2D eigenvalue weighted by atomic mass is 10.2. The zero-order chi connectivity index (χ0) is 18.6. The van der Waals surface area contributed by atoms with Crippen molar-refractivity contribution in [3.8, 4) is 0 Å². The van der Waals surface area contributed by atoms with Gasteiger partial charge in [0.1, 0.15) is 4.83 Å². The van der Waals surface area contributed by atoms with E-state index in [9.17, 15) is 9.59 Å². The van der Waals surface area contributed by atoms with Crippen molar-refractivity contribution >= 4 is 38.8 Å². The number of nitrogens with one attached hydrogen (secondary N) is 1. The maximum atomic E-state index is 12.3. The number of anilines is 2. The first-order valence-corrected chi connectivity index (χ1v) is 9.74. The van der Waals surface area contributed by atoms with Crippen LogP contribution in [0.2, 0.25) is 0 Å². The minimum Gasteiger partial charge on any atom is -0.378 e. The Bertz CT molecular complexity index is 990. The number of hydrogen-bond donors (Lipinski definition) is 1. The van der Waals surface area contributed by atoms with Gasteiger partial charge in [-0.2, -0.15) is 0 Å². The number of hydrogen-bond acceptors (Lipinski definition) is 6. The molecule has 1 saturated heterocycles. The van der Waals surface area contributed by atoms with Crippen molar-refractivity contribution in [1.29, 1.82) is 0 Å². The molecule has 3 aromatic rings. The Morgan fingerprint density at radius 3 is 2.74 bits per heavy atom. The highest BCUT2D eigenvalue weighted by atomic mass is 32.1. The number of nitrogens with zero attached hydrogens (tertiary/aromatic N) is 3. The predicted octanol–water partition coefficient (Wildman–Crippen LogP) is 2.32. The van der Waals surface area contributed by atoms with Gasteiger partial charge in [-0.25, -0.2) is 4.98 Å². The SMILES string of the molecule is O=C(CCn1cnc2sccc2c1=O)Nc1ccc(N2CCOCC2)cc1. The van der Waals surface area contributed by atoms with Crippen molar-refractivity contribution in [3.63, 3.8) is 0 Å². The summed E-state index contributed by atoms with van der Waals surface area (Å²) in [5.74, 6) is -0.133. The lowest BCUT2D eigenvalue weighted by molar-refractivity contribution is -0.116. The number of morpholine rings is 1. The first-order chi connectivity index (χ1) is 13.2. The smallest absolute Gasteiger partial charge is 0.262 e. The molecule has 3 heterocycles. The largest absolute Gasteiger partial charge is 0.378 e. The molecule has 1 aromatic carbocycles. The Hall–Kier alpha value is -2.71. The Kier molecular flexibility index (Phi) is 5.17. The first-order valence-electron chi connectivity index (χ1n) is 8.86. The second-order valence-corrected chi connectivity index (χ2v) is 7.22. The molecule has 4 rings (SSSR count). The fourth-order valence-electron chi connectivity index (χ4n) is 3.08. The molecule has 0 spiro atoms. The summed E-state index contributed by atoms with van der Waals surface area (Å²) in [6.45, 7) is 3.54. The number of rotatable bonds is 5. The molecule has 27 heavy (non-hydrogen) atoms. The highest BCUT2D eigenvalue weighted by Crippen LogP contribution is 2.19. The van der Waals surface area contributed by atoms with Crippen LogP contribution >= 0.6 is 11.3 Å². The molecule has 0 atom stereocenters. The molecule has 8 heteroatoms. The second-order valence-electron chi connectivity index (χ2n) is 6.33. The van der Waals surface area contributed by atoms with E-state index in [1.807, 2.05) is 29.6 Å². The van der Waals surface area contributed by atoms with E-state index < -0.39 is 0 Å².